The lowest BCUT2D eigenvalue weighted by molar-refractivity contribution is 0.217. The molecule has 0 bridgehead atoms. The zero-order valence-corrected chi connectivity index (χ0v) is 15.6. The summed E-state index contributed by atoms with van der Waals surface area (Å²) in [7, 11) is 0. The largest absolute Gasteiger partial charge is 0.490 e. The Labute approximate surface area is 163 Å². The van der Waals surface area contributed by atoms with E-state index in [1.165, 1.54) is 6.07 Å². The molecule has 4 nitrogen and oxygen atoms in total. The monoisotopic (exact) mass is 372 g/mol. The van der Waals surface area contributed by atoms with Crippen LogP contribution in [0.1, 0.15) is 5.56 Å². The number of fused-ring (bicyclic) bond motifs is 1. The summed E-state index contributed by atoms with van der Waals surface area (Å²) in [4.78, 5) is 12.6. The highest BCUT2D eigenvalue weighted by molar-refractivity contribution is 5.80. The second-order valence-electron chi connectivity index (χ2n) is 6.51. The van der Waals surface area contributed by atoms with Gasteiger partial charge in [-0.15, -0.1) is 0 Å². The molecule has 0 amide bonds. The van der Waals surface area contributed by atoms with Crippen molar-refractivity contribution in [1.82, 2.24) is 0 Å². The van der Waals surface area contributed by atoms with Gasteiger partial charge in [-0.3, -0.25) is 4.79 Å². The topological polar surface area (TPSA) is 48.7 Å². The number of ether oxygens (including phenoxy) is 2. The molecule has 0 aliphatic rings. The predicted molar refractivity (Wildman–Crippen MR) is 110 cm³/mol. The zero-order valence-electron chi connectivity index (χ0n) is 15.6. The van der Waals surface area contributed by atoms with Gasteiger partial charge in [-0.1, -0.05) is 48.0 Å². The van der Waals surface area contributed by atoms with Gasteiger partial charge in [0.05, 0.1) is 5.39 Å². The van der Waals surface area contributed by atoms with E-state index in [2.05, 4.69) is 0 Å². The van der Waals surface area contributed by atoms with Crippen LogP contribution in [0.4, 0.5) is 0 Å². The van der Waals surface area contributed by atoms with Crippen LogP contribution in [0.3, 0.4) is 0 Å². The van der Waals surface area contributed by atoms with E-state index in [1.54, 1.807) is 18.2 Å². The van der Waals surface area contributed by atoms with Crippen LogP contribution < -0.4 is 14.9 Å². The number of para-hydroxylation sites is 1. The van der Waals surface area contributed by atoms with Gasteiger partial charge >= 0.3 is 0 Å². The van der Waals surface area contributed by atoms with Gasteiger partial charge in [0.1, 0.15) is 36.1 Å². The minimum absolute atomic E-state index is 0.0946. The van der Waals surface area contributed by atoms with Crippen molar-refractivity contribution in [2.45, 2.75) is 6.92 Å². The quantitative estimate of drug-likeness (QED) is 0.435. The molecular formula is C24H20O4. The number of aryl methyl sites for hydroxylation is 1. The summed E-state index contributed by atoms with van der Waals surface area (Å²) in [6.07, 6.45) is 0. The Bertz CT molecular complexity index is 1130. The lowest BCUT2D eigenvalue weighted by atomic mass is 10.1. The van der Waals surface area contributed by atoms with E-state index in [9.17, 15) is 4.79 Å². The van der Waals surface area contributed by atoms with Crippen molar-refractivity contribution >= 4 is 11.0 Å². The first-order valence-electron chi connectivity index (χ1n) is 9.15. The standard InChI is InChI=1S/C24H20O4/c1-17-7-9-18(10-8-17)24-16-22(25)21-15-20(11-12-23(21)28-24)27-14-13-26-19-5-3-2-4-6-19/h2-12,15-16H,13-14H2,1H3. The molecule has 0 N–H and O–H groups in total. The Balaban J connectivity index is 1.48. The van der Waals surface area contributed by atoms with Crippen molar-refractivity contribution in [3.63, 3.8) is 0 Å². The molecule has 0 aliphatic carbocycles. The molecule has 0 aliphatic heterocycles. The van der Waals surface area contributed by atoms with E-state index < -0.39 is 0 Å². The SMILES string of the molecule is Cc1ccc(-c2cc(=O)c3cc(OCCOc4ccccc4)ccc3o2)cc1. The Morgan fingerprint density at radius 2 is 1.50 bits per heavy atom. The molecule has 0 saturated heterocycles. The smallest absolute Gasteiger partial charge is 0.193 e. The highest BCUT2D eigenvalue weighted by atomic mass is 16.5. The van der Waals surface area contributed by atoms with E-state index >= 15 is 0 Å². The third kappa shape index (κ3) is 4.07. The third-order valence-electron chi connectivity index (χ3n) is 4.40. The summed E-state index contributed by atoms with van der Waals surface area (Å²) in [5, 5.41) is 0.498. The van der Waals surface area contributed by atoms with Crippen molar-refractivity contribution < 1.29 is 13.9 Å². The van der Waals surface area contributed by atoms with Gasteiger partial charge in [-0.25, -0.2) is 0 Å². The fraction of sp³-hybridized carbons (Fsp3) is 0.125. The van der Waals surface area contributed by atoms with Gasteiger partial charge in [-0.2, -0.15) is 0 Å². The molecule has 0 spiro atoms. The molecule has 0 fully saturated rings. The normalized spacial score (nSPS) is 10.8. The van der Waals surface area contributed by atoms with E-state index in [0.29, 0.717) is 35.7 Å². The first kappa shape index (κ1) is 17.9. The van der Waals surface area contributed by atoms with Gasteiger partial charge in [0, 0.05) is 11.6 Å². The molecule has 1 aromatic heterocycles. The molecule has 0 radical (unpaired) electrons. The molecule has 4 heteroatoms. The number of rotatable bonds is 6. The van der Waals surface area contributed by atoms with Crippen LogP contribution in [0.5, 0.6) is 11.5 Å². The van der Waals surface area contributed by atoms with Crippen molar-refractivity contribution in [2.24, 2.45) is 0 Å². The third-order valence-corrected chi connectivity index (χ3v) is 4.40. The Kier molecular flexibility index (Phi) is 5.11. The summed E-state index contributed by atoms with van der Waals surface area (Å²) in [6, 6.07) is 24.3. The van der Waals surface area contributed by atoms with Crippen molar-refractivity contribution in [1.29, 1.82) is 0 Å². The second-order valence-corrected chi connectivity index (χ2v) is 6.51. The molecular weight excluding hydrogens is 352 g/mol. The number of hydrogen-bond acceptors (Lipinski definition) is 4. The molecule has 140 valence electrons. The Morgan fingerprint density at radius 1 is 0.786 bits per heavy atom. The Hall–Kier alpha value is -3.53. The molecule has 0 atom stereocenters. The van der Waals surface area contributed by atoms with Gasteiger partial charge in [0.25, 0.3) is 0 Å². The molecule has 0 saturated carbocycles. The van der Waals surface area contributed by atoms with Crippen LogP contribution in [-0.2, 0) is 0 Å². The first-order chi connectivity index (χ1) is 13.7. The molecule has 4 rings (SSSR count). The average molecular weight is 372 g/mol. The summed E-state index contributed by atoms with van der Waals surface area (Å²) < 4.78 is 17.2. The zero-order chi connectivity index (χ0) is 19.3. The Morgan fingerprint density at radius 3 is 2.25 bits per heavy atom. The van der Waals surface area contributed by atoms with Crippen LogP contribution in [0.15, 0.2) is 88.1 Å². The maximum absolute atomic E-state index is 12.6. The van der Waals surface area contributed by atoms with Crippen LogP contribution in [-0.4, -0.2) is 13.2 Å². The summed E-state index contributed by atoms with van der Waals surface area (Å²) in [5.41, 5.74) is 2.48. The predicted octanol–water partition coefficient (Wildman–Crippen LogP) is 5.23. The minimum Gasteiger partial charge on any atom is -0.490 e. The second kappa shape index (κ2) is 8.01. The molecule has 28 heavy (non-hydrogen) atoms. The minimum atomic E-state index is -0.0946. The number of benzene rings is 3. The lowest BCUT2D eigenvalue weighted by Crippen LogP contribution is -2.09. The van der Waals surface area contributed by atoms with Crippen LogP contribution in [0.25, 0.3) is 22.3 Å². The van der Waals surface area contributed by atoms with Gasteiger partial charge < -0.3 is 13.9 Å². The van der Waals surface area contributed by atoms with Crippen molar-refractivity contribution in [2.75, 3.05) is 13.2 Å². The summed E-state index contributed by atoms with van der Waals surface area (Å²) >= 11 is 0. The maximum atomic E-state index is 12.6. The highest BCUT2D eigenvalue weighted by Crippen LogP contribution is 2.25. The fourth-order valence-corrected chi connectivity index (χ4v) is 2.92. The van der Waals surface area contributed by atoms with E-state index in [1.807, 2.05) is 61.5 Å². The van der Waals surface area contributed by atoms with Crippen LogP contribution in [0.2, 0.25) is 0 Å². The van der Waals surface area contributed by atoms with E-state index in [4.69, 9.17) is 13.9 Å². The molecule has 3 aromatic carbocycles. The van der Waals surface area contributed by atoms with E-state index in [0.717, 1.165) is 16.9 Å². The lowest BCUT2D eigenvalue weighted by Gasteiger charge is -2.09. The maximum Gasteiger partial charge on any atom is 0.193 e. The number of hydrogen-bond donors (Lipinski definition) is 0. The molecule has 4 aromatic rings. The van der Waals surface area contributed by atoms with Gasteiger partial charge in [0.2, 0.25) is 0 Å². The summed E-state index contributed by atoms with van der Waals surface area (Å²) in [5.74, 6) is 1.97. The molecule has 0 unspecified atom stereocenters. The summed E-state index contributed by atoms with van der Waals surface area (Å²) in [6.45, 7) is 2.82. The molecule has 1 heterocycles. The van der Waals surface area contributed by atoms with Crippen LogP contribution in [0, 0.1) is 6.92 Å². The van der Waals surface area contributed by atoms with E-state index in [-0.39, 0.29) is 5.43 Å². The first-order valence-corrected chi connectivity index (χ1v) is 9.15. The van der Waals surface area contributed by atoms with Gasteiger partial charge in [-0.05, 0) is 37.3 Å². The average Bonchev–Trinajstić information content (AvgIpc) is 2.73. The van der Waals surface area contributed by atoms with Crippen molar-refractivity contribution in [3.05, 3.63) is 94.6 Å². The fourth-order valence-electron chi connectivity index (χ4n) is 2.92. The van der Waals surface area contributed by atoms with Gasteiger partial charge in [0.15, 0.2) is 5.43 Å². The van der Waals surface area contributed by atoms with Crippen molar-refractivity contribution in [3.8, 4) is 22.8 Å². The highest BCUT2D eigenvalue weighted by Gasteiger charge is 2.08. The van der Waals surface area contributed by atoms with Crippen LogP contribution >= 0.6 is 0 Å².